The van der Waals surface area contributed by atoms with E-state index in [0.717, 1.165) is 21.2 Å². The highest BCUT2D eigenvalue weighted by atomic mass is 79.9. The fraction of sp³-hybridized carbons (Fsp3) is 0.500. The van der Waals surface area contributed by atoms with Crippen molar-refractivity contribution >= 4 is 31.9 Å². The fourth-order valence-electron chi connectivity index (χ4n) is 1.27. The first-order valence-corrected chi connectivity index (χ1v) is 7.04. The van der Waals surface area contributed by atoms with Crippen LogP contribution in [0.2, 0.25) is 0 Å². The Labute approximate surface area is 119 Å². The molecule has 1 rings (SSSR count). The molecule has 0 heterocycles. The number of nitrogens with one attached hydrogen (secondary N) is 1. The van der Waals surface area contributed by atoms with Crippen LogP contribution < -0.4 is 10.1 Å². The summed E-state index contributed by atoms with van der Waals surface area (Å²) in [6, 6.07) is 5.67. The Morgan fingerprint density at radius 3 is 2.71 bits per heavy atom. The van der Waals surface area contributed by atoms with Crippen LogP contribution in [0.5, 0.6) is 5.75 Å². The van der Waals surface area contributed by atoms with Crippen molar-refractivity contribution in [2.45, 2.75) is 19.4 Å². The van der Waals surface area contributed by atoms with E-state index in [9.17, 15) is 5.11 Å². The molecule has 0 bridgehead atoms. The fourth-order valence-corrected chi connectivity index (χ4v) is 2.43. The van der Waals surface area contributed by atoms with Crippen LogP contribution in [0.4, 0.5) is 0 Å². The zero-order valence-electron chi connectivity index (χ0n) is 9.96. The van der Waals surface area contributed by atoms with E-state index in [1.165, 1.54) is 0 Å². The average molecular weight is 367 g/mol. The number of aliphatic hydroxyl groups is 1. The van der Waals surface area contributed by atoms with Crippen molar-refractivity contribution in [1.29, 1.82) is 0 Å². The van der Waals surface area contributed by atoms with E-state index >= 15 is 0 Å². The molecule has 96 valence electrons. The number of halogens is 2. The summed E-state index contributed by atoms with van der Waals surface area (Å²) in [6.07, 6.45) is 0. The Morgan fingerprint density at radius 1 is 1.41 bits per heavy atom. The maximum Gasteiger partial charge on any atom is 0.133 e. The molecule has 0 aliphatic rings. The van der Waals surface area contributed by atoms with Crippen LogP contribution in [0.1, 0.15) is 13.8 Å². The summed E-state index contributed by atoms with van der Waals surface area (Å²) in [5.74, 6) is 0.727. The minimum atomic E-state index is -0.872. The molecule has 0 aromatic heterocycles. The Morgan fingerprint density at radius 2 is 2.12 bits per heavy atom. The van der Waals surface area contributed by atoms with Crippen molar-refractivity contribution in [3.05, 3.63) is 27.1 Å². The third-order valence-corrected chi connectivity index (χ3v) is 3.30. The topological polar surface area (TPSA) is 41.5 Å². The quantitative estimate of drug-likeness (QED) is 0.813. The highest BCUT2D eigenvalue weighted by molar-refractivity contribution is 9.11. The third-order valence-electron chi connectivity index (χ3n) is 2.19. The molecule has 0 fully saturated rings. The van der Waals surface area contributed by atoms with Gasteiger partial charge in [0.25, 0.3) is 0 Å². The number of likely N-dealkylation sites (N-methyl/N-ethyl adjacent to an activating group) is 1. The van der Waals surface area contributed by atoms with Gasteiger partial charge in [-0.2, -0.15) is 0 Å². The van der Waals surface area contributed by atoms with Crippen LogP contribution in [0.15, 0.2) is 27.1 Å². The monoisotopic (exact) mass is 365 g/mol. The lowest BCUT2D eigenvalue weighted by Gasteiger charge is -2.24. The number of hydrogen-bond donors (Lipinski definition) is 2. The second-order valence-electron chi connectivity index (χ2n) is 4.14. The van der Waals surface area contributed by atoms with Crippen LogP contribution in [-0.4, -0.2) is 30.4 Å². The predicted molar refractivity (Wildman–Crippen MR) is 76.5 cm³/mol. The Hall–Kier alpha value is -0.100. The highest BCUT2D eigenvalue weighted by Crippen LogP contribution is 2.28. The van der Waals surface area contributed by atoms with E-state index < -0.39 is 5.60 Å². The summed E-state index contributed by atoms with van der Waals surface area (Å²) in [7, 11) is 0. The number of hydrogen-bond acceptors (Lipinski definition) is 3. The zero-order valence-corrected chi connectivity index (χ0v) is 13.1. The minimum absolute atomic E-state index is 0.250. The SMILES string of the molecule is CCNCC(C)(O)COc1ccc(Br)cc1Br. The first kappa shape index (κ1) is 15.0. The van der Waals surface area contributed by atoms with Crippen LogP contribution in [-0.2, 0) is 0 Å². The van der Waals surface area contributed by atoms with Crippen molar-refractivity contribution in [3.8, 4) is 5.75 Å². The molecule has 0 aliphatic heterocycles. The molecule has 2 N–H and O–H groups in total. The third kappa shape index (κ3) is 5.38. The molecule has 0 saturated heterocycles. The summed E-state index contributed by atoms with van der Waals surface area (Å²) >= 11 is 6.79. The molecular weight excluding hydrogens is 350 g/mol. The van der Waals surface area contributed by atoms with Gasteiger partial charge in [-0.05, 0) is 47.6 Å². The molecule has 1 atom stereocenters. The van der Waals surface area contributed by atoms with Gasteiger partial charge in [0, 0.05) is 11.0 Å². The normalized spacial score (nSPS) is 14.4. The molecule has 1 unspecified atom stereocenters. The second-order valence-corrected chi connectivity index (χ2v) is 5.91. The van der Waals surface area contributed by atoms with Crippen molar-refractivity contribution in [2.75, 3.05) is 19.7 Å². The Kier molecular flexibility index (Phi) is 5.92. The molecule has 0 saturated carbocycles. The van der Waals surface area contributed by atoms with Gasteiger partial charge in [0.15, 0.2) is 0 Å². The van der Waals surface area contributed by atoms with Crippen LogP contribution >= 0.6 is 31.9 Å². The second kappa shape index (κ2) is 6.73. The standard InChI is InChI=1S/C12H17Br2NO2/c1-3-15-7-12(2,16)8-17-11-5-4-9(13)6-10(11)14/h4-6,15-16H,3,7-8H2,1-2H3. The Balaban J connectivity index is 2.54. The lowest BCUT2D eigenvalue weighted by molar-refractivity contribution is 0.0125. The zero-order chi connectivity index (χ0) is 12.9. The lowest BCUT2D eigenvalue weighted by atomic mass is 10.1. The van der Waals surface area contributed by atoms with Crippen LogP contribution in [0, 0.1) is 0 Å². The molecule has 17 heavy (non-hydrogen) atoms. The van der Waals surface area contributed by atoms with Crippen molar-refractivity contribution < 1.29 is 9.84 Å². The largest absolute Gasteiger partial charge is 0.489 e. The minimum Gasteiger partial charge on any atom is -0.489 e. The van der Waals surface area contributed by atoms with Crippen molar-refractivity contribution in [1.82, 2.24) is 5.32 Å². The number of benzene rings is 1. The molecular formula is C12H17Br2NO2. The van der Waals surface area contributed by atoms with E-state index in [0.29, 0.717) is 6.54 Å². The van der Waals surface area contributed by atoms with E-state index in [4.69, 9.17) is 4.74 Å². The van der Waals surface area contributed by atoms with Gasteiger partial charge in [-0.1, -0.05) is 22.9 Å². The first-order valence-electron chi connectivity index (χ1n) is 5.45. The molecule has 0 amide bonds. The van der Waals surface area contributed by atoms with Gasteiger partial charge in [0.2, 0.25) is 0 Å². The first-order chi connectivity index (χ1) is 7.94. The molecule has 5 heteroatoms. The maximum atomic E-state index is 10.0. The van der Waals surface area contributed by atoms with Crippen molar-refractivity contribution in [2.24, 2.45) is 0 Å². The Bertz CT molecular complexity index is 370. The summed E-state index contributed by atoms with van der Waals surface area (Å²) < 4.78 is 7.45. The van der Waals surface area contributed by atoms with Gasteiger partial charge in [0.1, 0.15) is 18.0 Å². The van der Waals surface area contributed by atoms with Gasteiger partial charge in [-0.3, -0.25) is 0 Å². The van der Waals surface area contributed by atoms with Crippen molar-refractivity contribution in [3.63, 3.8) is 0 Å². The smallest absolute Gasteiger partial charge is 0.133 e. The molecule has 1 aromatic carbocycles. The molecule has 0 radical (unpaired) electrons. The molecule has 0 spiro atoms. The predicted octanol–water partition coefficient (Wildman–Crippen LogP) is 2.95. The van der Waals surface area contributed by atoms with Gasteiger partial charge in [-0.25, -0.2) is 0 Å². The van der Waals surface area contributed by atoms with Gasteiger partial charge in [-0.15, -0.1) is 0 Å². The van der Waals surface area contributed by atoms with E-state index in [1.807, 2.05) is 25.1 Å². The van der Waals surface area contributed by atoms with Gasteiger partial charge < -0.3 is 15.2 Å². The van der Waals surface area contributed by atoms with Gasteiger partial charge in [0.05, 0.1) is 4.47 Å². The molecule has 1 aromatic rings. The lowest BCUT2D eigenvalue weighted by Crippen LogP contribution is -2.42. The molecule has 0 aliphatic carbocycles. The summed E-state index contributed by atoms with van der Waals surface area (Å²) in [6.45, 7) is 5.35. The number of ether oxygens (including phenoxy) is 1. The summed E-state index contributed by atoms with van der Waals surface area (Å²) in [5, 5.41) is 13.1. The van der Waals surface area contributed by atoms with E-state index in [1.54, 1.807) is 6.92 Å². The maximum absolute atomic E-state index is 10.0. The van der Waals surface area contributed by atoms with E-state index in [2.05, 4.69) is 37.2 Å². The highest BCUT2D eigenvalue weighted by Gasteiger charge is 2.21. The number of rotatable bonds is 6. The van der Waals surface area contributed by atoms with E-state index in [-0.39, 0.29) is 6.61 Å². The van der Waals surface area contributed by atoms with Crippen LogP contribution in [0.25, 0.3) is 0 Å². The molecule has 3 nitrogen and oxygen atoms in total. The van der Waals surface area contributed by atoms with Gasteiger partial charge >= 0.3 is 0 Å². The van der Waals surface area contributed by atoms with Crippen LogP contribution in [0.3, 0.4) is 0 Å². The summed E-state index contributed by atoms with van der Waals surface area (Å²) in [5.41, 5.74) is -0.872. The average Bonchev–Trinajstić information content (AvgIpc) is 2.25. The summed E-state index contributed by atoms with van der Waals surface area (Å²) in [4.78, 5) is 0.